The van der Waals surface area contributed by atoms with Crippen LogP contribution in [0.25, 0.3) is 32.9 Å². The summed E-state index contributed by atoms with van der Waals surface area (Å²) in [7, 11) is 0. The molecule has 0 unspecified atom stereocenters. The van der Waals surface area contributed by atoms with Gasteiger partial charge < -0.3 is 20.5 Å². The number of hydrogen-bond donors (Lipinski definition) is 3. The van der Waals surface area contributed by atoms with Gasteiger partial charge in [-0.3, -0.25) is 9.88 Å². The van der Waals surface area contributed by atoms with Crippen molar-refractivity contribution < 1.29 is 9.84 Å². The Bertz CT molecular complexity index is 1500. The van der Waals surface area contributed by atoms with Gasteiger partial charge in [0.15, 0.2) is 0 Å². The van der Waals surface area contributed by atoms with Gasteiger partial charge in [-0.05, 0) is 84.3 Å². The maximum absolute atomic E-state index is 10.4. The molecule has 9 heteroatoms. The van der Waals surface area contributed by atoms with Crippen molar-refractivity contribution in [3.05, 3.63) is 46.2 Å². The van der Waals surface area contributed by atoms with Crippen molar-refractivity contribution in [1.29, 1.82) is 0 Å². The van der Waals surface area contributed by atoms with Crippen molar-refractivity contribution in [2.24, 2.45) is 0 Å². The van der Waals surface area contributed by atoms with Crippen LogP contribution in [0.2, 0.25) is 0 Å². The number of ether oxygens (including phenoxy) is 1. The van der Waals surface area contributed by atoms with E-state index in [0.717, 1.165) is 68.5 Å². The molecule has 2 aromatic heterocycles. The number of rotatable bonds is 6. The molecule has 0 spiro atoms. The highest BCUT2D eigenvalue weighted by Gasteiger charge is 2.45. The highest BCUT2D eigenvalue weighted by Crippen LogP contribution is 2.40. The SMILES string of the molecule is Oc1cc(-c2ncc3c(NC4CNC4)nc(OCC45CCCN4CCC5)nc3c2I)c2ccccc2c1. The zero-order valence-corrected chi connectivity index (χ0v) is 22.7. The fraction of sp³-hybridized carbons (Fsp3) is 0.393. The van der Waals surface area contributed by atoms with E-state index < -0.39 is 0 Å². The highest BCUT2D eigenvalue weighted by atomic mass is 127. The van der Waals surface area contributed by atoms with Gasteiger partial charge in [0.2, 0.25) is 0 Å². The Morgan fingerprint density at radius 1 is 1.11 bits per heavy atom. The van der Waals surface area contributed by atoms with E-state index in [2.05, 4.69) is 44.2 Å². The van der Waals surface area contributed by atoms with Gasteiger partial charge in [-0.1, -0.05) is 24.3 Å². The third-order valence-electron chi connectivity index (χ3n) is 8.17. The Hall–Kier alpha value is -2.76. The third kappa shape index (κ3) is 4.07. The monoisotopic (exact) mass is 608 g/mol. The standard InChI is InChI=1S/C28H29IN6O2/c29-23-24(21-12-19(36)11-17-5-1-2-6-20(17)21)31-15-22-25(23)33-27(34-26(22)32-18-13-30-14-18)37-16-28-7-3-9-35(28)10-4-8-28/h1-2,5-6,11-12,15,18,30,36H,3-4,7-10,13-14,16H2,(H,32,33,34). The minimum Gasteiger partial charge on any atom is -0.508 e. The molecule has 37 heavy (non-hydrogen) atoms. The number of nitrogens with zero attached hydrogens (tertiary/aromatic N) is 4. The van der Waals surface area contributed by atoms with E-state index in [4.69, 9.17) is 19.7 Å². The number of phenols is 1. The molecule has 5 heterocycles. The van der Waals surface area contributed by atoms with Crippen molar-refractivity contribution in [3.63, 3.8) is 0 Å². The van der Waals surface area contributed by atoms with Crippen LogP contribution in [-0.2, 0) is 0 Å². The first kappa shape index (κ1) is 23.4. The quantitative estimate of drug-likeness (QED) is 0.275. The number of halogens is 1. The van der Waals surface area contributed by atoms with Crippen LogP contribution in [0, 0.1) is 3.57 Å². The summed E-state index contributed by atoms with van der Waals surface area (Å²) >= 11 is 2.33. The molecule has 3 fully saturated rings. The fourth-order valence-electron chi connectivity index (χ4n) is 6.13. The van der Waals surface area contributed by atoms with E-state index in [1.807, 2.05) is 24.4 Å². The van der Waals surface area contributed by atoms with Gasteiger partial charge in [-0.25, -0.2) is 0 Å². The lowest BCUT2D eigenvalue weighted by Crippen LogP contribution is -2.51. The van der Waals surface area contributed by atoms with Gasteiger partial charge in [0, 0.05) is 24.8 Å². The average molecular weight is 608 g/mol. The van der Waals surface area contributed by atoms with Crippen LogP contribution in [0.1, 0.15) is 25.7 Å². The van der Waals surface area contributed by atoms with Crippen molar-refractivity contribution in [1.82, 2.24) is 25.2 Å². The summed E-state index contributed by atoms with van der Waals surface area (Å²) in [5.41, 5.74) is 2.61. The van der Waals surface area contributed by atoms with E-state index in [1.165, 1.54) is 25.7 Å². The molecule has 0 atom stereocenters. The first-order chi connectivity index (χ1) is 18.1. The Morgan fingerprint density at radius 2 is 1.92 bits per heavy atom. The average Bonchev–Trinajstić information content (AvgIpc) is 3.45. The summed E-state index contributed by atoms with van der Waals surface area (Å²) in [5.74, 6) is 0.978. The predicted octanol–water partition coefficient (Wildman–Crippen LogP) is 4.55. The maximum atomic E-state index is 10.4. The number of hydrogen-bond acceptors (Lipinski definition) is 8. The summed E-state index contributed by atoms with van der Waals surface area (Å²) in [6.07, 6.45) is 6.66. The maximum Gasteiger partial charge on any atom is 0.319 e. The lowest BCUT2D eigenvalue weighted by molar-refractivity contribution is 0.108. The van der Waals surface area contributed by atoms with Gasteiger partial charge in [-0.2, -0.15) is 9.97 Å². The Balaban J connectivity index is 1.33. The predicted molar refractivity (Wildman–Crippen MR) is 153 cm³/mol. The van der Waals surface area contributed by atoms with Crippen molar-refractivity contribution in [2.45, 2.75) is 37.3 Å². The Morgan fingerprint density at radius 3 is 2.70 bits per heavy atom. The molecule has 0 radical (unpaired) electrons. The second-order valence-electron chi connectivity index (χ2n) is 10.5. The molecule has 0 saturated carbocycles. The topological polar surface area (TPSA) is 95.4 Å². The summed E-state index contributed by atoms with van der Waals surface area (Å²) in [4.78, 5) is 17.2. The molecule has 3 aliphatic heterocycles. The molecule has 3 saturated heterocycles. The third-order valence-corrected chi connectivity index (χ3v) is 9.19. The first-order valence-corrected chi connectivity index (χ1v) is 14.1. The minimum atomic E-state index is 0.126. The van der Waals surface area contributed by atoms with Gasteiger partial charge in [0.05, 0.1) is 31.7 Å². The Labute approximate surface area is 229 Å². The van der Waals surface area contributed by atoms with Crippen LogP contribution in [-0.4, -0.2) is 69.3 Å². The van der Waals surface area contributed by atoms with E-state index in [0.29, 0.717) is 18.7 Å². The molecule has 0 aliphatic carbocycles. The van der Waals surface area contributed by atoms with Crippen LogP contribution in [0.5, 0.6) is 11.8 Å². The molecule has 3 aliphatic rings. The van der Waals surface area contributed by atoms with Crippen LogP contribution < -0.4 is 15.4 Å². The molecule has 0 amide bonds. The molecule has 2 aromatic carbocycles. The van der Waals surface area contributed by atoms with E-state index >= 15 is 0 Å². The van der Waals surface area contributed by atoms with Gasteiger partial charge in [0.25, 0.3) is 0 Å². The van der Waals surface area contributed by atoms with Gasteiger partial charge in [-0.15, -0.1) is 0 Å². The zero-order valence-electron chi connectivity index (χ0n) is 20.5. The van der Waals surface area contributed by atoms with E-state index in [1.54, 1.807) is 12.1 Å². The highest BCUT2D eigenvalue weighted by molar-refractivity contribution is 14.1. The summed E-state index contributed by atoms with van der Waals surface area (Å²) in [6, 6.07) is 12.3. The smallest absolute Gasteiger partial charge is 0.319 e. The van der Waals surface area contributed by atoms with Gasteiger partial charge in [0.1, 0.15) is 18.2 Å². The fourth-order valence-corrected chi connectivity index (χ4v) is 6.97. The van der Waals surface area contributed by atoms with Crippen LogP contribution in [0.4, 0.5) is 5.82 Å². The zero-order chi connectivity index (χ0) is 25.0. The molecule has 8 nitrogen and oxygen atoms in total. The number of fused-ring (bicyclic) bond motifs is 3. The molecule has 190 valence electrons. The number of aromatic hydroxyl groups is 1. The summed E-state index contributed by atoms with van der Waals surface area (Å²) in [5, 5.41) is 20.2. The molecular weight excluding hydrogens is 579 g/mol. The largest absolute Gasteiger partial charge is 0.508 e. The van der Waals surface area contributed by atoms with Crippen LogP contribution in [0.15, 0.2) is 42.6 Å². The number of anilines is 1. The van der Waals surface area contributed by atoms with Crippen LogP contribution >= 0.6 is 22.6 Å². The van der Waals surface area contributed by atoms with Crippen LogP contribution in [0.3, 0.4) is 0 Å². The number of benzene rings is 2. The number of nitrogens with one attached hydrogen (secondary N) is 2. The summed E-state index contributed by atoms with van der Waals surface area (Å²) < 4.78 is 7.29. The normalized spacial score (nSPS) is 19.3. The molecule has 0 bridgehead atoms. The molecule has 3 N–H and O–H groups in total. The molecule has 7 rings (SSSR count). The summed E-state index contributed by atoms with van der Waals surface area (Å²) in [6.45, 7) is 4.74. The lowest BCUT2D eigenvalue weighted by Gasteiger charge is -2.31. The molecular formula is C28H29IN6O2. The number of pyridine rings is 1. The van der Waals surface area contributed by atoms with Crippen molar-refractivity contribution in [3.8, 4) is 23.0 Å². The second-order valence-corrected chi connectivity index (χ2v) is 11.5. The minimum absolute atomic E-state index is 0.126. The van der Waals surface area contributed by atoms with Crippen molar-refractivity contribution >= 4 is 50.1 Å². The Kier molecular flexibility index (Phi) is 5.82. The van der Waals surface area contributed by atoms with E-state index in [9.17, 15) is 5.11 Å². The van der Waals surface area contributed by atoms with E-state index in [-0.39, 0.29) is 11.3 Å². The number of phenolic OH excluding ortho intramolecular Hbond substituents is 1. The first-order valence-electron chi connectivity index (χ1n) is 13.0. The number of aromatic nitrogens is 3. The molecule has 4 aromatic rings. The van der Waals surface area contributed by atoms with Crippen molar-refractivity contribution in [2.75, 3.05) is 38.1 Å². The lowest BCUT2D eigenvalue weighted by atomic mass is 9.95. The second kappa shape index (κ2) is 9.21. The van der Waals surface area contributed by atoms with Gasteiger partial charge >= 0.3 is 6.01 Å².